The molecule has 2 saturated carbocycles. The third kappa shape index (κ3) is 3.82. The molecule has 3 rings (SSSR count). The summed E-state index contributed by atoms with van der Waals surface area (Å²) in [6.45, 7) is 4.45. The van der Waals surface area contributed by atoms with Gasteiger partial charge in [-0.1, -0.05) is 18.5 Å². The van der Waals surface area contributed by atoms with Crippen LogP contribution in [0.3, 0.4) is 0 Å². The van der Waals surface area contributed by atoms with Crippen molar-refractivity contribution in [3.63, 3.8) is 0 Å². The Morgan fingerprint density at radius 2 is 1.79 bits per heavy atom. The molecule has 3 nitrogen and oxygen atoms in total. The van der Waals surface area contributed by atoms with E-state index in [0.717, 1.165) is 49.4 Å². The smallest absolute Gasteiger partial charge is 0.134 e. The highest BCUT2D eigenvalue weighted by Gasteiger charge is 2.30. The number of aromatic nitrogens is 2. The van der Waals surface area contributed by atoms with E-state index < -0.39 is 0 Å². The fraction of sp³-hybridized carbons (Fsp3) is 0.733. The summed E-state index contributed by atoms with van der Waals surface area (Å²) in [7, 11) is 0. The highest BCUT2D eigenvalue weighted by atomic mass is 35.5. The zero-order chi connectivity index (χ0) is 13.2. The summed E-state index contributed by atoms with van der Waals surface area (Å²) in [5, 5.41) is 0.588. The normalized spacial score (nSPS) is 18.6. The Kier molecular flexibility index (Phi) is 3.92. The predicted octanol–water partition coefficient (Wildman–Crippen LogP) is 3.71. The fourth-order valence-corrected chi connectivity index (χ4v) is 2.63. The maximum Gasteiger partial charge on any atom is 0.134 e. The van der Waals surface area contributed by atoms with Crippen LogP contribution in [0.4, 0.5) is 5.82 Å². The van der Waals surface area contributed by atoms with Crippen molar-refractivity contribution in [2.45, 2.75) is 45.4 Å². The maximum absolute atomic E-state index is 6.16. The van der Waals surface area contributed by atoms with Crippen LogP contribution in [0, 0.1) is 11.8 Å². The second kappa shape index (κ2) is 5.66. The van der Waals surface area contributed by atoms with Crippen molar-refractivity contribution in [2.75, 3.05) is 18.0 Å². The van der Waals surface area contributed by atoms with E-state index in [9.17, 15) is 0 Å². The van der Waals surface area contributed by atoms with E-state index in [1.165, 1.54) is 25.7 Å². The maximum atomic E-state index is 6.16. The quantitative estimate of drug-likeness (QED) is 0.713. The van der Waals surface area contributed by atoms with Gasteiger partial charge in [0.2, 0.25) is 0 Å². The van der Waals surface area contributed by atoms with Gasteiger partial charge in [-0.25, -0.2) is 9.97 Å². The molecule has 2 fully saturated rings. The summed E-state index contributed by atoms with van der Waals surface area (Å²) in [5.74, 6) is 3.69. The van der Waals surface area contributed by atoms with E-state index in [4.69, 9.17) is 16.6 Å². The molecule has 19 heavy (non-hydrogen) atoms. The second-order valence-corrected chi connectivity index (χ2v) is 6.39. The Morgan fingerprint density at radius 1 is 1.16 bits per heavy atom. The van der Waals surface area contributed by atoms with E-state index in [1.54, 1.807) is 0 Å². The van der Waals surface area contributed by atoms with Gasteiger partial charge < -0.3 is 4.90 Å². The molecule has 0 radical (unpaired) electrons. The van der Waals surface area contributed by atoms with Crippen LogP contribution in [0.15, 0.2) is 6.07 Å². The zero-order valence-corrected chi connectivity index (χ0v) is 12.4. The van der Waals surface area contributed by atoms with Gasteiger partial charge in [-0.2, -0.15) is 0 Å². The molecular weight excluding hydrogens is 258 g/mol. The van der Waals surface area contributed by atoms with Gasteiger partial charge in [0.25, 0.3) is 0 Å². The average Bonchev–Trinajstić information content (AvgIpc) is 3.22. The van der Waals surface area contributed by atoms with Crippen LogP contribution in [0.1, 0.15) is 44.9 Å². The van der Waals surface area contributed by atoms with Crippen molar-refractivity contribution in [1.29, 1.82) is 0 Å². The van der Waals surface area contributed by atoms with Gasteiger partial charge in [0.05, 0.1) is 0 Å². The first kappa shape index (κ1) is 13.2. The minimum Gasteiger partial charge on any atom is -0.356 e. The first-order chi connectivity index (χ1) is 9.24. The van der Waals surface area contributed by atoms with Crippen molar-refractivity contribution in [3.8, 4) is 0 Å². The van der Waals surface area contributed by atoms with E-state index >= 15 is 0 Å². The molecule has 0 aliphatic heterocycles. The molecule has 4 heteroatoms. The molecule has 0 unspecified atom stereocenters. The molecule has 1 heterocycles. The monoisotopic (exact) mass is 279 g/mol. The standard InChI is InChI=1S/C15H22ClN3/c1-2-3-14-17-13(16)8-15(18-14)19(9-11-4-5-11)10-12-6-7-12/h8,11-12H,2-7,9-10H2,1H3. The SMILES string of the molecule is CCCc1nc(Cl)cc(N(CC2CC2)CC2CC2)n1. The van der Waals surface area contributed by atoms with Gasteiger partial charge >= 0.3 is 0 Å². The summed E-state index contributed by atoms with van der Waals surface area (Å²) in [6.07, 6.45) is 7.48. The van der Waals surface area contributed by atoms with E-state index in [2.05, 4.69) is 16.8 Å². The molecule has 0 bridgehead atoms. The number of hydrogen-bond donors (Lipinski definition) is 0. The highest BCUT2D eigenvalue weighted by Crippen LogP contribution is 2.35. The van der Waals surface area contributed by atoms with Gasteiger partial charge in [-0.05, 0) is 43.9 Å². The van der Waals surface area contributed by atoms with E-state index in [0.29, 0.717) is 5.15 Å². The van der Waals surface area contributed by atoms with Crippen molar-refractivity contribution < 1.29 is 0 Å². The lowest BCUT2D eigenvalue weighted by molar-refractivity contribution is 0.666. The third-order valence-corrected chi connectivity index (χ3v) is 4.07. The first-order valence-electron chi connectivity index (χ1n) is 7.53. The summed E-state index contributed by atoms with van der Waals surface area (Å²) >= 11 is 6.16. The van der Waals surface area contributed by atoms with Crippen molar-refractivity contribution in [1.82, 2.24) is 9.97 Å². The lowest BCUT2D eigenvalue weighted by Gasteiger charge is -2.24. The number of aryl methyl sites for hydroxylation is 1. The van der Waals surface area contributed by atoms with E-state index in [1.807, 2.05) is 6.07 Å². The van der Waals surface area contributed by atoms with Crippen LogP contribution in [-0.2, 0) is 6.42 Å². The second-order valence-electron chi connectivity index (χ2n) is 6.01. The predicted molar refractivity (Wildman–Crippen MR) is 78.7 cm³/mol. The molecule has 2 aliphatic carbocycles. The Bertz CT molecular complexity index is 427. The summed E-state index contributed by atoms with van der Waals surface area (Å²) in [6, 6.07) is 1.94. The van der Waals surface area contributed by atoms with Crippen molar-refractivity contribution in [3.05, 3.63) is 17.0 Å². The molecule has 0 spiro atoms. The van der Waals surface area contributed by atoms with Crippen molar-refractivity contribution in [2.24, 2.45) is 11.8 Å². The summed E-state index contributed by atoms with van der Waals surface area (Å²) in [4.78, 5) is 11.5. The average molecular weight is 280 g/mol. The van der Waals surface area contributed by atoms with Crippen LogP contribution >= 0.6 is 11.6 Å². The first-order valence-corrected chi connectivity index (χ1v) is 7.90. The molecule has 0 N–H and O–H groups in total. The van der Waals surface area contributed by atoms with Gasteiger partial charge in [0, 0.05) is 25.6 Å². The molecular formula is C15H22ClN3. The van der Waals surface area contributed by atoms with Gasteiger partial charge in [0.15, 0.2) is 0 Å². The third-order valence-electron chi connectivity index (χ3n) is 3.88. The van der Waals surface area contributed by atoms with Gasteiger partial charge in [-0.3, -0.25) is 0 Å². The molecule has 0 aromatic carbocycles. The molecule has 0 atom stereocenters. The van der Waals surface area contributed by atoms with Crippen LogP contribution in [0.5, 0.6) is 0 Å². The number of halogens is 1. The Labute approximate surface area is 120 Å². The number of anilines is 1. The van der Waals surface area contributed by atoms with Gasteiger partial charge in [-0.15, -0.1) is 0 Å². The molecule has 1 aromatic heterocycles. The van der Waals surface area contributed by atoms with Gasteiger partial charge in [0.1, 0.15) is 16.8 Å². The Morgan fingerprint density at radius 3 is 2.32 bits per heavy atom. The summed E-state index contributed by atoms with van der Waals surface area (Å²) < 4.78 is 0. The molecule has 0 saturated heterocycles. The molecule has 104 valence electrons. The largest absolute Gasteiger partial charge is 0.356 e. The molecule has 0 amide bonds. The zero-order valence-electron chi connectivity index (χ0n) is 11.6. The highest BCUT2D eigenvalue weighted by molar-refractivity contribution is 6.29. The Balaban J connectivity index is 1.77. The lowest BCUT2D eigenvalue weighted by Crippen LogP contribution is -2.29. The topological polar surface area (TPSA) is 29.0 Å². The minimum atomic E-state index is 0.588. The lowest BCUT2D eigenvalue weighted by atomic mass is 10.3. The van der Waals surface area contributed by atoms with Crippen LogP contribution in [-0.4, -0.2) is 23.1 Å². The molecule has 1 aromatic rings. The number of nitrogens with zero attached hydrogens (tertiary/aromatic N) is 3. The van der Waals surface area contributed by atoms with E-state index in [-0.39, 0.29) is 0 Å². The fourth-order valence-electron chi connectivity index (χ4n) is 2.43. The molecule has 2 aliphatic rings. The number of hydrogen-bond acceptors (Lipinski definition) is 3. The van der Waals surface area contributed by atoms with Crippen LogP contribution in [0.25, 0.3) is 0 Å². The minimum absolute atomic E-state index is 0.588. The van der Waals surface area contributed by atoms with Crippen molar-refractivity contribution >= 4 is 17.4 Å². The van der Waals surface area contributed by atoms with Crippen LogP contribution in [0.2, 0.25) is 5.15 Å². The Hall–Kier alpha value is -0.830. The van der Waals surface area contributed by atoms with Crippen LogP contribution < -0.4 is 4.90 Å². The number of rotatable bonds is 7. The summed E-state index contributed by atoms with van der Waals surface area (Å²) in [5.41, 5.74) is 0.